The molecule has 0 spiro atoms. The van der Waals surface area contributed by atoms with E-state index in [0.29, 0.717) is 32.8 Å². The molecule has 154 valence electrons. The van der Waals surface area contributed by atoms with Gasteiger partial charge in [0.2, 0.25) is 5.91 Å². The van der Waals surface area contributed by atoms with Crippen LogP contribution in [0, 0.1) is 0 Å². The average Bonchev–Trinajstić information content (AvgIpc) is 2.70. The van der Waals surface area contributed by atoms with E-state index in [2.05, 4.69) is 40.6 Å². The lowest BCUT2D eigenvalue weighted by Gasteiger charge is -2.47. The van der Waals surface area contributed by atoms with Crippen molar-refractivity contribution in [1.82, 2.24) is 15.1 Å². The molecular weight excluding hydrogens is 354 g/mol. The van der Waals surface area contributed by atoms with Crippen molar-refractivity contribution in [1.29, 1.82) is 0 Å². The van der Waals surface area contributed by atoms with Gasteiger partial charge in [0.25, 0.3) is 0 Å². The predicted molar refractivity (Wildman–Crippen MR) is 111 cm³/mol. The Kier molecular flexibility index (Phi) is 7.62. The van der Waals surface area contributed by atoms with Gasteiger partial charge in [0.1, 0.15) is 0 Å². The van der Waals surface area contributed by atoms with Crippen molar-refractivity contribution in [2.75, 3.05) is 52.5 Å². The highest BCUT2D eigenvalue weighted by Crippen LogP contribution is 2.33. The number of carbonyl (C=O) groups excluding carboxylic acids is 1. The Bertz CT molecular complexity index is 655. The molecule has 0 radical (unpaired) electrons. The third kappa shape index (κ3) is 5.00. The molecule has 2 saturated heterocycles. The molecule has 0 saturated carbocycles. The smallest absolute Gasteiger partial charge is 0.236 e. The molecule has 2 aliphatic heterocycles. The van der Waals surface area contributed by atoms with Gasteiger partial charge in [-0.3, -0.25) is 9.69 Å². The van der Waals surface area contributed by atoms with Crippen LogP contribution in [0.4, 0.5) is 0 Å². The fraction of sp³-hybridized carbons (Fsp3) is 0.591. The number of allylic oxidation sites excluding steroid dienone is 1. The lowest BCUT2D eigenvalue weighted by molar-refractivity contribution is -0.134. The van der Waals surface area contributed by atoms with Crippen LogP contribution in [0.5, 0.6) is 0 Å². The summed E-state index contributed by atoms with van der Waals surface area (Å²) in [6, 6.07) is 8.72. The largest absolute Gasteiger partial charge is 0.395 e. The first-order valence-electron chi connectivity index (χ1n) is 10.3. The molecule has 2 heterocycles. The number of aliphatic hydroxyl groups is 1. The topological polar surface area (TPSA) is 65.0 Å². The zero-order valence-electron chi connectivity index (χ0n) is 17.0. The van der Waals surface area contributed by atoms with Crippen LogP contribution in [0.3, 0.4) is 0 Å². The van der Waals surface area contributed by atoms with Crippen molar-refractivity contribution in [3.8, 4) is 0 Å². The van der Waals surface area contributed by atoms with Crippen molar-refractivity contribution in [2.45, 2.75) is 31.8 Å². The van der Waals surface area contributed by atoms with Crippen molar-refractivity contribution in [3.05, 3.63) is 41.5 Å². The number of carbonyl (C=O) groups is 1. The number of rotatable bonds is 8. The Morgan fingerprint density at radius 1 is 1.29 bits per heavy atom. The molecular formula is C22H33N3O3. The van der Waals surface area contributed by atoms with Gasteiger partial charge in [-0.1, -0.05) is 36.4 Å². The number of aliphatic hydroxyl groups excluding tert-OH is 1. The van der Waals surface area contributed by atoms with E-state index in [0.717, 1.165) is 13.1 Å². The number of nitrogens with one attached hydrogen (secondary N) is 1. The molecule has 2 N–H and O–H groups in total. The molecule has 0 aliphatic carbocycles. The van der Waals surface area contributed by atoms with Crippen molar-refractivity contribution in [2.24, 2.45) is 0 Å². The normalized spacial score (nSPS) is 25.6. The Morgan fingerprint density at radius 2 is 2.00 bits per heavy atom. The Labute approximate surface area is 168 Å². The molecule has 6 nitrogen and oxygen atoms in total. The lowest BCUT2D eigenvalue weighted by Crippen LogP contribution is -2.65. The van der Waals surface area contributed by atoms with Gasteiger partial charge in [0.15, 0.2) is 0 Å². The van der Waals surface area contributed by atoms with E-state index in [9.17, 15) is 9.90 Å². The van der Waals surface area contributed by atoms with Gasteiger partial charge in [-0.2, -0.15) is 0 Å². The molecule has 0 unspecified atom stereocenters. The molecule has 3 rings (SSSR count). The molecule has 0 aromatic heterocycles. The number of nitrogens with zero attached hydrogens (tertiary/aromatic N) is 2. The van der Waals surface area contributed by atoms with Gasteiger partial charge in [0, 0.05) is 44.2 Å². The van der Waals surface area contributed by atoms with Gasteiger partial charge < -0.3 is 20.1 Å². The monoisotopic (exact) mass is 387 g/mol. The number of ether oxygens (including phenoxy) is 1. The van der Waals surface area contributed by atoms with Gasteiger partial charge in [-0.05, 0) is 25.0 Å². The van der Waals surface area contributed by atoms with E-state index in [1.165, 1.54) is 11.1 Å². The molecule has 2 fully saturated rings. The molecule has 3 atom stereocenters. The standard InChI is InChI=1S/C22H33N3O3/c1-3-5-17-6-8-18(9-7-17)22-19(23-20(22)16-26)14-25(4-2)21(27)15-24-10-12-28-13-11-24/h3,5-9,19-20,22-23,26H,4,10-16H2,1-2H3/t19-,20-,22-/m0/s1. The summed E-state index contributed by atoms with van der Waals surface area (Å²) in [7, 11) is 0. The third-order valence-corrected chi connectivity index (χ3v) is 5.79. The summed E-state index contributed by atoms with van der Waals surface area (Å²) in [5.41, 5.74) is 2.39. The van der Waals surface area contributed by atoms with Crippen LogP contribution in [0.2, 0.25) is 0 Å². The van der Waals surface area contributed by atoms with E-state index in [4.69, 9.17) is 4.74 Å². The van der Waals surface area contributed by atoms with Gasteiger partial charge in [-0.15, -0.1) is 0 Å². The molecule has 0 bridgehead atoms. The van der Waals surface area contributed by atoms with E-state index < -0.39 is 0 Å². The second-order valence-corrected chi connectivity index (χ2v) is 7.58. The Hall–Kier alpha value is -1.73. The first kappa shape index (κ1) is 21.0. The number of benzene rings is 1. The van der Waals surface area contributed by atoms with E-state index >= 15 is 0 Å². The zero-order chi connectivity index (χ0) is 19.9. The number of hydrogen-bond acceptors (Lipinski definition) is 5. The van der Waals surface area contributed by atoms with Gasteiger partial charge in [-0.25, -0.2) is 0 Å². The SMILES string of the molecule is CC=Cc1ccc([C@@H]2[C@H](CO)N[C@H]2CN(CC)C(=O)CN2CCOCC2)cc1. The molecule has 1 aromatic rings. The maximum Gasteiger partial charge on any atom is 0.236 e. The third-order valence-electron chi connectivity index (χ3n) is 5.79. The van der Waals surface area contributed by atoms with Crippen LogP contribution in [-0.4, -0.2) is 85.4 Å². The van der Waals surface area contributed by atoms with E-state index in [1.54, 1.807) is 0 Å². The predicted octanol–water partition coefficient (Wildman–Crippen LogP) is 1.32. The summed E-state index contributed by atoms with van der Waals surface area (Å²) in [5, 5.41) is 13.2. The minimum atomic E-state index is 0.0469. The average molecular weight is 388 g/mol. The van der Waals surface area contributed by atoms with Crippen LogP contribution in [0.25, 0.3) is 6.08 Å². The Balaban J connectivity index is 1.62. The lowest BCUT2D eigenvalue weighted by atomic mass is 9.77. The minimum absolute atomic E-state index is 0.0469. The molecule has 2 aliphatic rings. The number of morpholine rings is 1. The van der Waals surface area contributed by atoms with Gasteiger partial charge >= 0.3 is 0 Å². The highest BCUT2D eigenvalue weighted by atomic mass is 16.5. The van der Waals surface area contributed by atoms with Gasteiger partial charge in [0.05, 0.1) is 26.4 Å². The fourth-order valence-corrected chi connectivity index (χ4v) is 4.16. The summed E-state index contributed by atoms with van der Waals surface area (Å²) in [6.07, 6.45) is 4.10. The summed E-state index contributed by atoms with van der Waals surface area (Å²) < 4.78 is 5.37. The zero-order valence-corrected chi connectivity index (χ0v) is 17.0. The summed E-state index contributed by atoms with van der Waals surface area (Å²) in [6.45, 7) is 8.99. The molecule has 6 heteroatoms. The van der Waals surface area contributed by atoms with Crippen LogP contribution in [0.15, 0.2) is 30.3 Å². The van der Waals surface area contributed by atoms with Crippen LogP contribution in [-0.2, 0) is 9.53 Å². The Morgan fingerprint density at radius 3 is 2.61 bits per heavy atom. The molecule has 1 amide bonds. The molecule has 1 aromatic carbocycles. The second kappa shape index (κ2) is 10.2. The number of likely N-dealkylation sites (N-methyl/N-ethyl adjacent to an activating group) is 1. The van der Waals surface area contributed by atoms with Crippen LogP contribution < -0.4 is 5.32 Å². The first-order chi connectivity index (χ1) is 13.7. The number of hydrogen-bond donors (Lipinski definition) is 2. The number of amides is 1. The summed E-state index contributed by atoms with van der Waals surface area (Å²) in [4.78, 5) is 16.9. The highest BCUT2D eigenvalue weighted by molar-refractivity contribution is 5.78. The fourth-order valence-electron chi connectivity index (χ4n) is 4.16. The maximum atomic E-state index is 12.8. The molecule has 28 heavy (non-hydrogen) atoms. The van der Waals surface area contributed by atoms with Crippen molar-refractivity contribution < 1.29 is 14.6 Å². The van der Waals surface area contributed by atoms with E-state index in [-0.39, 0.29) is 30.5 Å². The minimum Gasteiger partial charge on any atom is -0.395 e. The highest BCUT2D eigenvalue weighted by Gasteiger charge is 2.42. The van der Waals surface area contributed by atoms with Crippen molar-refractivity contribution >= 4 is 12.0 Å². The second-order valence-electron chi connectivity index (χ2n) is 7.58. The quantitative estimate of drug-likeness (QED) is 0.704. The summed E-state index contributed by atoms with van der Waals surface area (Å²) in [5.74, 6) is 0.385. The van der Waals surface area contributed by atoms with Crippen LogP contribution in [0.1, 0.15) is 30.9 Å². The maximum absolute atomic E-state index is 12.8. The summed E-state index contributed by atoms with van der Waals surface area (Å²) >= 11 is 0. The van der Waals surface area contributed by atoms with Crippen molar-refractivity contribution in [3.63, 3.8) is 0 Å². The van der Waals surface area contributed by atoms with Crippen LogP contribution >= 0.6 is 0 Å². The van der Waals surface area contributed by atoms with E-state index in [1.807, 2.05) is 24.8 Å². The first-order valence-corrected chi connectivity index (χ1v) is 10.3.